The Hall–Kier alpha value is -9.55. The quantitative estimate of drug-likeness (QED) is 0.0243. The molecule has 1 heterocycles. The number of alkyl halides is 6. The van der Waals surface area contributed by atoms with Crippen molar-refractivity contribution in [2.24, 2.45) is 56.5 Å². The van der Waals surface area contributed by atoms with E-state index in [9.17, 15) is 94.7 Å². The normalized spacial score (nSPS) is 22.9. The van der Waals surface area contributed by atoms with E-state index in [1.807, 2.05) is 26.1 Å². The number of halogens is 6. The van der Waals surface area contributed by atoms with Crippen LogP contribution in [0, 0.1) is 28.6 Å². The number of carbonyl (C=O) groups is 14. The van der Waals surface area contributed by atoms with Crippen molar-refractivity contribution in [3.8, 4) is 0 Å². The van der Waals surface area contributed by atoms with Gasteiger partial charge >= 0.3 is 24.3 Å². The highest BCUT2D eigenvalue weighted by atomic mass is 19.4. The van der Waals surface area contributed by atoms with Crippen molar-refractivity contribution in [1.82, 2.24) is 58.5 Å². The number of carboxylic acid groups (broad SMARTS) is 2. The first-order valence-electron chi connectivity index (χ1n) is 33.2. The van der Waals surface area contributed by atoms with Gasteiger partial charge in [0, 0.05) is 6.54 Å². The number of nitrogens with one attached hydrogen (secondary N) is 11. The van der Waals surface area contributed by atoms with Crippen LogP contribution in [0.2, 0.25) is 0 Å². The molecule has 0 aromatic heterocycles. The third kappa shape index (κ3) is 35.5. The highest BCUT2D eigenvalue weighted by Crippen LogP contribution is 2.25. The van der Waals surface area contributed by atoms with Crippen molar-refractivity contribution in [2.45, 2.75) is 226 Å². The maximum Gasteiger partial charge on any atom is 0.490 e. The van der Waals surface area contributed by atoms with E-state index in [0.717, 1.165) is 6.92 Å². The highest BCUT2D eigenvalue weighted by molar-refractivity contribution is 6.01. The molecule has 42 heteroatoms. The number of amides is 12. The number of aliphatic imine (C=N–C) groups is 1. The van der Waals surface area contributed by atoms with Gasteiger partial charge in [0.25, 0.3) is 0 Å². The molecule has 0 radical (unpaired) electrons. The van der Waals surface area contributed by atoms with Crippen LogP contribution in [0.4, 0.5) is 26.3 Å². The van der Waals surface area contributed by atoms with E-state index < -0.39 is 216 Å². The molecule has 1 saturated heterocycles. The first-order valence-corrected chi connectivity index (χ1v) is 33.2. The number of hydrogen-bond donors (Lipinski definition) is 21. The minimum atomic E-state index is -5.08. The summed E-state index contributed by atoms with van der Waals surface area (Å²) in [6, 6.07) is -12.1. The van der Waals surface area contributed by atoms with Gasteiger partial charge in [0.1, 0.15) is 54.4 Å². The zero-order chi connectivity index (χ0) is 82.4. The number of aliphatic hydroxyl groups excluding tert-OH is 4. The number of guanidine groups is 1. The lowest BCUT2D eigenvalue weighted by Gasteiger charge is -2.35. The lowest BCUT2D eigenvalue weighted by Crippen LogP contribution is -2.65. The molecule has 12 amide bonds. The van der Waals surface area contributed by atoms with Gasteiger partial charge < -0.3 is 112 Å². The van der Waals surface area contributed by atoms with Crippen LogP contribution in [-0.4, -0.2) is 230 Å². The van der Waals surface area contributed by atoms with Gasteiger partial charge in [-0.15, -0.1) is 0 Å². The fourth-order valence-corrected chi connectivity index (χ4v) is 9.64. The van der Waals surface area contributed by atoms with Crippen LogP contribution in [0.5, 0.6) is 0 Å². The zero-order valence-electron chi connectivity index (χ0n) is 61.0. The van der Waals surface area contributed by atoms with Crippen molar-refractivity contribution in [3.05, 3.63) is 35.9 Å². The number of nitrogens with two attached hydrogens (primary N) is 4. The van der Waals surface area contributed by atoms with Crippen molar-refractivity contribution < 1.29 is 124 Å². The molecule has 1 fully saturated rings. The summed E-state index contributed by atoms with van der Waals surface area (Å²) in [6.07, 6.45) is -16.2. The molecular formula is C64H104F6N16O20. The SMILES string of the molecule is CC[C@H](C)[C@@H]1NC(=O)[C@@H](CCCN=C(N)N)NC(=O)[C@H](CC(C)C)NC(=O)C([C@H](O)C(C)C)NC(=O)[C@@H](NC(=O)[C@H](CC(C)(C)C)NC(=O)[C@H](N)CC(C)(C)C)[C@@H](c2ccccc2)NC(=O)[C@H](CO)NC(=O)[C@H]([C@H](O)C(N)=O)NC(=O)CNC(=O)[C@H]([C@H](C)O)NC1=O.O=C(O)C(F)(F)F.O=C(O)C(F)(F)F. The van der Waals surface area contributed by atoms with E-state index in [0.29, 0.717) is 0 Å². The molecule has 602 valence electrons. The Morgan fingerprint density at radius 1 is 0.594 bits per heavy atom. The van der Waals surface area contributed by atoms with Gasteiger partial charge in [-0.2, -0.15) is 26.3 Å². The monoisotopic (exact) mass is 1530 g/mol. The third-order valence-electron chi connectivity index (χ3n) is 15.3. The molecule has 0 spiro atoms. The standard InChI is InChI=1S/C60H102N16O16.2C2HF3O2/c1-14-30(6)39-54(89)73-40(31(7)78)53(88)66-26-38(79)71-44(46(81)47(62)82)57(92)70-37(27-77)52(87)74-41(32-19-16-15-17-20-32)42(75-51(86)36(25-60(11,12)13)69-48(83)33(61)24-59(8,9)10)55(90)76-43(45(80)29(4)5)56(91)68-35(23-28(2)3)50(85)67-34(49(84)72-39)21-18-22-65-58(63)64;2*3-2(4,5)1(6)7/h15-17,19-20,28-31,33-37,39-46,77-78,80-81H,14,18,21-27,61H2,1-13H3,(H2,62,82)(H,66,88)(H,67,85)(H,68,91)(H,69,83)(H,70,92)(H,71,79)(H,72,84)(H,73,89)(H,74,87)(H,75,86)(H,76,90)(H4,63,64,65);2*(H,6,7)/t30-,31-,33+,34+,35-,36-,37-,39-,40-,41+,42-,43?,44-,45+,46-;;/m0../s1. The Labute approximate surface area is 607 Å². The van der Waals surface area contributed by atoms with E-state index in [2.05, 4.69) is 58.2 Å². The Kier molecular flexibility index (Phi) is 39.8. The highest BCUT2D eigenvalue weighted by Gasteiger charge is 2.44. The number of primary amides is 1. The van der Waals surface area contributed by atoms with Crippen LogP contribution < -0.4 is 81.4 Å². The van der Waals surface area contributed by atoms with Crippen LogP contribution >= 0.6 is 0 Å². The fourth-order valence-electron chi connectivity index (χ4n) is 9.64. The lowest BCUT2D eigenvalue weighted by molar-refractivity contribution is -0.193. The number of nitrogens with zero attached hydrogens (tertiary/aromatic N) is 1. The fraction of sp³-hybridized carbons (Fsp3) is 0.672. The largest absolute Gasteiger partial charge is 0.490 e. The van der Waals surface area contributed by atoms with Crippen molar-refractivity contribution in [1.29, 1.82) is 0 Å². The molecule has 1 aliphatic heterocycles. The molecule has 0 bridgehead atoms. The molecule has 0 saturated carbocycles. The van der Waals surface area contributed by atoms with Gasteiger partial charge in [0.15, 0.2) is 12.1 Å². The first-order chi connectivity index (χ1) is 48.5. The molecular weight excluding hydrogens is 1430 g/mol. The summed E-state index contributed by atoms with van der Waals surface area (Å²) < 4.78 is 63.5. The maximum absolute atomic E-state index is 15.5. The number of aliphatic hydroxyl groups is 4. The van der Waals surface area contributed by atoms with Gasteiger partial charge in [-0.25, -0.2) is 9.59 Å². The molecule has 1 aliphatic rings. The van der Waals surface area contributed by atoms with Crippen LogP contribution in [0.3, 0.4) is 0 Å². The molecule has 15 atom stereocenters. The van der Waals surface area contributed by atoms with Crippen LogP contribution in [-0.2, 0) is 67.1 Å². The number of benzene rings is 1. The maximum atomic E-state index is 15.5. The molecule has 1 aromatic rings. The second-order valence-corrected chi connectivity index (χ2v) is 28.1. The molecule has 2 rings (SSSR count). The predicted octanol–water partition coefficient (Wildman–Crippen LogP) is -3.81. The topological polar surface area (TPSA) is 609 Å². The Morgan fingerprint density at radius 3 is 1.51 bits per heavy atom. The number of rotatable bonds is 21. The molecule has 0 aliphatic carbocycles. The van der Waals surface area contributed by atoms with Gasteiger partial charge in [0.05, 0.1) is 37.4 Å². The number of carboxylic acids is 2. The van der Waals surface area contributed by atoms with Crippen LogP contribution in [0.15, 0.2) is 35.3 Å². The summed E-state index contributed by atoms with van der Waals surface area (Å²) in [4.78, 5) is 193. The number of hydrogen-bond acceptors (Lipinski definition) is 20. The van der Waals surface area contributed by atoms with Gasteiger partial charge in [-0.1, -0.05) is 120 Å². The third-order valence-corrected chi connectivity index (χ3v) is 15.3. The average Bonchev–Trinajstić information content (AvgIpc) is 0.810. The van der Waals surface area contributed by atoms with Gasteiger partial charge in [-0.3, -0.25) is 62.5 Å². The molecule has 25 N–H and O–H groups in total. The number of aliphatic carboxylic acids is 2. The summed E-state index contributed by atoms with van der Waals surface area (Å²) in [6.45, 7) is 19.2. The Balaban J connectivity index is 0.00000710. The first kappa shape index (κ1) is 96.4. The summed E-state index contributed by atoms with van der Waals surface area (Å²) in [5.74, 6) is -21.9. The molecule has 36 nitrogen and oxygen atoms in total. The average molecular weight is 1530 g/mol. The molecule has 106 heavy (non-hydrogen) atoms. The van der Waals surface area contributed by atoms with E-state index in [-0.39, 0.29) is 62.5 Å². The second-order valence-electron chi connectivity index (χ2n) is 28.1. The van der Waals surface area contributed by atoms with Crippen LogP contribution in [0.25, 0.3) is 0 Å². The summed E-state index contributed by atoms with van der Waals surface area (Å²) in [5.41, 5.74) is 21.7. The minimum absolute atomic E-state index is 0.0350. The summed E-state index contributed by atoms with van der Waals surface area (Å²) >= 11 is 0. The van der Waals surface area contributed by atoms with Crippen LogP contribution in [0.1, 0.15) is 140 Å². The van der Waals surface area contributed by atoms with E-state index in [4.69, 9.17) is 42.7 Å². The molecule has 1 aromatic carbocycles. The van der Waals surface area contributed by atoms with Crippen molar-refractivity contribution in [2.75, 3.05) is 19.7 Å². The van der Waals surface area contributed by atoms with E-state index in [1.165, 1.54) is 38.1 Å². The van der Waals surface area contributed by atoms with Crippen molar-refractivity contribution in [3.63, 3.8) is 0 Å². The summed E-state index contributed by atoms with van der Waals surface area (Å²) in [7, 11) is 0. The van der Waals surface area contributed by atoms with Gasteiger partial charge in [0.2, 0.25) is 70.9 Å². The van der Waals surface area contributed by atoms with Crippen molar-refractivity contribution >= 4 is 88.8 Å². The van der Waals surface area contributed by atoms with E-state index in [1.54, 1.807) is 54.5 Å². The molecule has 1 unspecified atom stereocenters. The van der Waals surface area contributed by atoms with E-state index >= 15 is 9.59 Å². The second kappa shape index (κ2) is 43.8. The minimum Gasteiger partial charge on any atom is -0.475 e. The Morgan fingerprint density at radius 2 is 1.06 bits per heavy atom. The smallest absolute Gasteiger partial charge is 0.475 e. The lowest BCUT2D eigenvalue weighted by atomic mass is 9.86. The zero-order valence-corrected chi connectivity index (χ0v) is 61.0. The Bertz CT molecular complexity index is 3160. The van der Waals surface area contributed by atoms with Gasteiger partial charge in [-0.05, 0) is 73.2 Å². The number of carbonyl (C=O) groups excluding carboxylic acids is 12. The summed E-state index contributed by atoms with van der Waals surface area (Å²) in [5, 5.41) is 85.4. The predicted molar refractivity (Wildman–Crippen MR) is 365 cm³/mol.